The van der Waals surface area contributed by atoms with Gasteiger partial charge in [0.1, 0.15) is 11.6 Å². The molecule has 1 amide bonds. The van der Waals surface area contributed by atoms with Crippen molar-refractivity contribution >= 4 is 5.91 Å². The summed E-state index contributed by atoms with van der Waals surface area (Å²) in [5, 5.41) is 11.6. The second-order valence-corrected chi connectivity index (χ2v) is 6.99. The fourth-order valence-corrected chi connectivity index (χ4v) is 4.21. The van der Waals surface area contributed by atoms with Crippen LogP contribution in [0.4, 0.5) is 0 Å². The summed E-state index contributed by atoms with van der Waals surface area (Å²) in [5.74, 6) is 2.82. The molecule has 4 rings (SSSR count). The van der Waals surface area contributed by atoms with E-state index >= 15 is 0 Å². The van der Waals surface area contributed by atoms with Crippen LogP contribution in [0.15, 0.2) is 24.3 Å². The number of ether oxygens (including phenoxy) is 1. The van der Waals surface area contributed by atoms with E-state index in [0.717, 1.165) is 68.0 Å². The normalized spacial score (nSPS) is 18.1. The van der Waals surface area contributed by atoms with Crippen LogP contribution in [-0.2, 0) is 29.7 Å². The number of benzene rings is 1. The average molecular weight is 340 g/mol. The van der Waals surface area contributed by atoms with Gasteiger partial charge in [0.2, 0.25) is 5.91 Å². The second-order valence-electron chi connectivity index (χ2n) is 6.99. The lowest BCUT2D eigenvalue weighted by Crippen LogP contribution is -2.42. The first-order chi connectivity index (χ1) is 12.2. The van der Waals surface area contributed by atoms with Crippen molar-refractivity contribution in [2.24, 2.45) is 0 Å². The number of hydrogen-bond donors (Lipinski definition) is 1. The maximum Gasteiger partial charge on any atom is 0.231 e. The summed E-state index contributed by atoms with van der Waals surface area (Å²) in [6, 6.07) is 7.93. The van der Waals surface area contributed by atoms with Gasteiger partial charge in [-0.05, 0) is 37.0 Å². The van der Waals surface area contributed by atoms with Gasteiger partial charge in [-0.15, -0.1) is 10.2 Å². The number of fused-ring (bicyclic) bond motifs is 1. The van der Waals surface area contributed by atoms with Crippen LogP contribution < -0.4 is 10.1 Å². The number of nitrogens with zero attached hydrogens (tertiary/aromatic N) is 3. The fraction of sp³-hybridized carbons (Fsp3) is 0.526. The molecule has 0 bridgehead atoms. The van der Waals surface area contributed by atoms with Crippen LogP contribution in [-0.4, -0.2) is 27.8 Å². The lowest BCUT2D eigenvalue weighted by atomic mass is 9.78. The minimum Gasteiger partial charge on any atom is -0.497 e. The van der Waals surface area contributed by atoms with Crippen LogP contribution >= 0.6 is 0 Å². The van der Waals surface area contributed by atoms with E-state index in [1.54, 1.807) is 7.11 Å². The van der Waals surface area contributed by atoms with Gasteiger partial charge in [-0.1, -0.05) is 25.0 Å². The summed E-state index contributed by atoms with van der Waals surface area (Å²) in [6.07, 6.45) is 6.05. The highest BCUT2D eigenvalue weighted by molar-refractivity contribution is 5.88. The van der Waals surface area contributed by atoms with E-state index in [2.05, 4.69) is 20.1 Å². The topological polar surface area (TPSA) is 69.0 Å². The minimum absolute atomic E-state index is 0.102. The molecule has 6 nitrogen and oxygen atoms in total. The summed E-state index contributed by atoms with van der Waals surface area (Å²) in [7, 11) is 1.66. The van der Waals surface area contributed by atoms with E-state index in [9.17, 15) is 4.79 Å². The van der Waals surface area contributed by atoms with Gasteiger partial charge in [0, 0.05) is 13.0 Å². The molecule has 1 aromatic carbocycles. The Hall–Kier alpha value is -2.37. The van der Waals surface area contributed by atoms with Crippen molar-refractivity contribution in [1.29, 1.82) is 0 Å². The molecule has 6 heteroatoms. The fourth-order valence-electron chi connectivity index (χ4n) is 4.21. The third-order valence-electron chi connectivity index (χ3n) is 5.63. The maximum atomic E-state index is 13.1. The Morgan fingerprint density at radius 1 is 1.20 bits per heavy atom. The number of carbonyl (C=O) groups is 1. The molecule has 1 aromatic heterocycles. The molecule has 25 heavy (non-hydrogen) atoms. The summed E-state index contributed by atoms with van der Waals surface area (Å²) < 4.78 is 7.38. The maximum absolute atomic E-state index is 13.1. The Bertz CT molecular complexity index is 760. The van der Waals surface area contributed by atoms with E-state index in [4.69, 9.17) is 4.74 Å². The van der Waals surface area contributed by atoms with Crippen molar-refractivity contribution in [2.45, 2.75) is 57.0 Å². The lowest BCUT2D eigenvalue weighted by Gasteiger charge is -2.28. The zero-order chi connectivity index (χ0) is 17.3. The first-order valence-electron chi connectivity index (χ1n) is 9.07. The van der Waals surface area contributed by atoms with Crippen LogP contribution in [0.3, 0.4) is 0 Å². The number of rotatable bonds is 5. The highest BCUT2D eigenvalue weighted by atomic mass is 16.5. The van der Waals surface area contributed by atoms with E-state index in [1.807, 2.05) is 24.3 Å². The highest BCUT2D eigenvalue weighted by Gasteiger charge is 2.42. The molecular formula is C19H24N4O2. The number of hydrogen-bond acceptors (Lipinski definition) is 4. The van der Waals surface area contributed by atoms with Crippen LogP contribution in [0.2, 0.25) is 0 Å². The largest absolute Gasteiger partial charge is 0.497 e. The molecule has 1 aliphatic carbocycles. The SMILES string of the molecule is COc1ccc(C2(C(=O)NCc3nnc4n3CCC4)CCCC2)cc1. The Morgan fingerprint density at radius 2 is 1.96 bits per heavy atom. The molecule has 0 atom stereocenters. The molecular weight excluding hydrogens is 316 g/mol. The van der Waals surface area contributed by atoms with Gasteiger partial charge in [0.25, 0.3) is 0 Å². The summed E-state index contributed by atoms with van der Waals surface area (Å²) in [5.41, 5.74) is 0.648. The van der Waals surface area contributed by atoms with Gasteiger partial charge in [-0.2, -0.15) is 0 Å². The first kappa shape index (κ1) is 16.1. The first-order valence-corrected chi connectivity index (χ1v) is 9.07. The second kappa shape index (κ2) is 6.50. The van der Waals surface area contributed by atoms with Crippen molar-refractivity contribution in [1.82, 2.24) is 20.1 Å². The van der Waals surface area contributed by atoms with E-state index in [1.165, 1.54) is 0 Å². The number of aromatic nitrogens is 3. The lowest BCUT2D eigenvalue weighted by molar-refractivity contribution is -0.126. The highest BCUT2D eigenvalue weighted by Crippen LogP contribution is 2.41. The van der Waals surface area contributed by atoms with Crippen molar-refractivity contribution in [2.75, 3.05) is 7.11 Å². The molecule has 0 saturated heterocycles. The van der Waals surface area contributed by atoms with Gasteiger partial charge in [0.15, 0.2) is 5.82 Å². The molecule has 2 aliphatic rings. The summed E-state index contributed by atoms with van der Waals surface area (Å²) in [4.78, 5) is 13.1. The third kappa shape index (κ3) is 2.79. The predicted octanol–water partition coefficient (Wildman–Crippen LogP) is 2.36. The molecule has 0 unspecified atom stereocenters. The van der Waals surface area contributed by atoms with Gasteiger partial charge < -0.3 is 14.6 Å². The number of aryl methyl sites for hydroxylation is 1. The summed E-state index contributed by atoms with van der Waals surface area (Å²) >= 11 is 0. The van der Waals surface area contributed by atoms with Crippen LogP contribution in [0.25, 0.3) is 0 Å². The molecule has 2 aromatic rings. The molecule has 1 saturated carbocycles. The molecule has 0 radical (unpaired) electrons. The van der Waals surface area contributed by atoms with Gasteiger partial charge >= 0.3 is 0 Å². The Morgan fingerprint density at radius 3 is 2.68 bits per heavy atom. The molecule has 1 N–H and O–H groups in total. The van der Waals surface area contributed by atoms with Gasteiger partial charge in [0.05, 0.1) is 19.1 Å². The van der Waals surface area contributed by atoms with Crippen molar-refractivity contribution in [3.05, 3.63) is 41.5 Å². The van der Waals surface area contributed by atoms with Crippen molar-refractivity contribution < 1.29 is 9.53 Å². The van der Waals surface area contributed by atoms with E-state index in [-0.39, 0.29) is 5.91 Å². The third-order valence-corrected chi connectivity index (χ3v) is 5.63. The predicted molar refractivity (Wildman–Crippen MR) is 93.3 cm³/mol. The van der Waals surface area contributed by atoms with Crippen LogP contribution in [0.1, 0.15) is 49.3 Å². The van der Waals surface area contributed by atoms with Crippen LogP contribution in [0, 0.1) is 0 Å². The standard InChI is InChI=1S/C19H24N4O2/c1-25-15-8-6-14(7-9-15)19(10-2-3-11-19)18(24)20-13-17-22-21-16-5-4-12-23(16)17/h6-9H,2-5,10-13H2,1H3,(H,20,24). The Kier molecular flexibility index (Phi) is 4.19. The average Bonchev–Trinajstić information content (AvgIpc) is 3.37. The Labute approximate surface area is 147 Å². The molecule has 2 heterocycles. The smallest absolute Gasteiger partial charge is 0.231 e. The number of amides is 1. The van der Waals surface area contributed by atoms with Crippen molar-refractivity contribution in [3.8, 4) is 5.75 Å². The van der Waals surface area contributed by atoms with Crippen LogP contribution in [0.5, 0.6) is 5.75 Å². The quantitative estimate of drug-likeness (QED) is 0.907. The zero-order valence-corrected chi connectivity index (χ0v) is 14.6. The molecule has 0 spiro atoms. The minimum atomic E-state index is -0.430. The monoisotopic (exact) mass is 340 g/mol. The number of methoxy groups -OCH3 is 1. The van der Waals surface area contributed by atoms with Gasteiger partial charge in [-0.25, -0.2) is 0 Å². The molecule has 1 fully saturated rings. The Balaban J connectivity index is 1.52. The molecule has 132 valence electrons. The van der Waals surface area contributed by atoms with Gasteiger partial charge in [-0.3, -0.25) is 4.79 Å². The zero-order valence-electron chi connectivity index (χ0n) is 14.6. The number of nitrogens with one attached hydrogen (secondary N) is 1. The van der Waals surface area contributed by atoms with E-state index < -0.39 is 5.41 Å². The molecule has 1 aliphatic heterocycles. The number of carbonyl (C=O) groups excluding carboxylic acids is 1. The summed E-state index contributed by atoms with van der Waals surface area (Å²) in [6.45, 7) is 1.40. The van der Waals surface area contributed by atoms with Crippen molar-refractivity contribution in [3.63, 3.8) is 0 Å². The van der Waals surface area contributed by atoms with E-state index in [0.29, 0.717) is 6.54 Å².